The Morgan fingerprint density at radius 3 is 1.02 bits per heavy atom. The van der Waals surface area contributed by atoms with Gasteiger partial charge >= 0.3 is 0 Å². The van der Waals surface area contributed by atoms with Gasteiger partial charge in [0, 0.05) is 12.8 Å². The molecular formula is C38H71NO3. The molecule has 0 heterocycles. The fourth-order valence-electron chi connectivity index (χ4n) is 5.49. The van der Waals surface area contributed by atoms with Crippen molar-refractivity contribution in [3.8, 4) is 0 Å². The highest BCUT2D eigenvalue weighted by Crippen LogP contribution is 2.17. The van der Waals surface area contributed by atoms with E-state index in [2.05, 4.69) is 38.2 Å². The summed E-state index contributed by atoms with van der Waals surface area (Å²) in [5, 5.41) is 9.80. The lowest BCUT2D eigenvalue weighted by Crippen LogP contribution is -2.57. The zero-order valence-electron chi connectivity index (χ0n) is 28.2. The van der Waals surface area contributed by atoms with Gasteiger partial charge in [0.05, 0.1) is 6.61 Å². The van der Waals surface area contributed by atoms with Crippen LogP contribution in [0.1, 0.15) is 194 Å². The molecule has 0 aromatic heterocycles. The summed E-state index contributed by atoms with van der Waals surface area (Å²) in [5.41, 5.74) is 4.43. The van der Waals surface area contributed by atoms with Gasteiger partial charge in [0.15, 0.2) is 17.1 Å². The van der Waals surface area contributed by atoms with Gasteiger partial charge in [0.2, 0.25) is 0 Å². The third-order valence-electron chi connectivity index (χ3n) is 8.58. The molecule has 0 spiro atoms. The maximum Gasteiger partial charge on any atom is 0.162 e. The van der Waals surface area contributed by atoms with E-state index >= 15 is 0 Å². The lowest BCUT2D eigenvalue weighted by Gasteiger charge is -2.24. The highest BCUT2D eigenvalue weighted by atomic mass is 16.3. The van der Waals surface area contributed by atoms with Crippen LogP contribution in [-0.4, -0.2) is 28.8 Å². The molecule has 4 heteroatoms. The first-order chi connectivity index (χ1) is 20.5. The molecule has 0 saturated carbocycles. The SMILES string of the molecule is CCCCCCCC/C=C\CCCCCCCC(=O)C(N)(CO)C(=O)CCCCCCC/C=C\CCCCCCCC. The highest BCUT2D eigenvalue weighted by Gasteiger charge is 2.39. The van der Waals surface area contributed by atoms with Crippen LogP contribution in [0.15, 0.2) is 24.3 Å². The van der Waals surface area contributed by atoms with E-state index in [-0.39, 0.29) is 24.4 Å². The zero-order chi connectivity index (χ0) is 31.0. The molecule has 0 fully saturated rings. The number of allylic oxidation sites excluding steroid dienone is 4. The summed E-state index contributed by atoms with van der Waals surface area (Å²) in [6, 6.07) is 0. The number of carbonyl (C=O) groups is 2. The van der Waals surface area contributed by atoms with Crippen LogP contribution in [0.25, 0.3) is 0 Å². The van der Waals surface area contributed by atoms with Crippen molar-refractivity contribution < 1.29 is 14.7 Å². The van der Waals surface area contributed by atoms with E-state index in [0.29, 0.717) is 0 Å². The standard InChI is InChI=1S/C38H71NO3/c1-3-5-7-9-11-13-15-17-19-21-23-25-27-29-31-33-36(41)38(39,35-40)37(42)34-32-30-28-26-24-22-20-18-16-14-12-10-8-6-4-2/h17-20,40H,3-16,21-35,39H2,1-2H3/b19-17-,20-18-. The molecule has 0 bridgehead atoms. The van der Waals surface area contributed by atoms with Gasteiger partial charge in [-0.05, 0) is 64.2 Å². The van der Waals surface area contributed by atoms with Crippen LogP contribution in [0.4, 0.5) is 0 Å². The first-order valence-electron chi connectivity index (χ1n) is 18.3. The molecule has 0 aromatic rings. The van der Waals surface area contributed by atoms with Crippen molar-refractivity contribution in [1.29, 1.82) is 0 Å². The van der Waals surface area contributed by atoms with E-state index in [1.54, 1.807) is 0 Å². The molecule has 0 aliphatic carbocycles. The van der Waals surface area contributed by atoms with Crippen molar-refractivity contribution in [2.45, 2.75) is 199 Å². The number of unbranched alkanes of at least 4 members (excludes halogenated alkanes) is 22. The van der Waals surface area contributed by atoms with Crippen molar-refractivity contribution in [2.75, 3.05) is 6.61 Å². The second-order valence-electron chi connectivity index (χ2n) is 12.6. The molecular weight excluding hydrogens is 518 g/mol. The Balaban J connectivity index is 3.77. The van der Waals surface area contributed by atoms with Crippen LogP contribution in [0.2, 0.25) is 0 Å². The Kier molecular flexibility index (Phi) is 30.2. The van der Waals surface area contributed by atoms with Crippen LogP contribution in [0, 0.1) is 0 Å². The fourth-order valence-corrected chi connectivity index (χ4v) is 5.49. The summed E-state index contributed by atoms with van der Waals surface area (Å²) in [7, 11) is 0. The van der Waals surface area contributed by atoms with Crippen LogP contribution >= 0.6 is 0 Å². The van der Waals surface area contributed by atoms with Crippen molar-refractivity contribution >= 4 is 11.6 Å². The fraction of sp³-hybridized carbons (Fsp3) is 0.842. The topological polar surface area (TPSA) is 80.4 Å². The van der Waals surface area contributed by atoms with Gasteiger partial charge in [-0.15, -0.1) is 0 Å². The molecule has 0 unspecified atom stereocenters. The first-order valence-corrected chi connectivity index (χ1v) is 18.3. The summed E-state index contributed by atoms with van der Waals surface area (Å²) < 4.78 is 0. The minimum Gasteiger partial charge on any atom is -0.393 e. The largest absolute Gasteiger partial charge is 0.393 e. The molecule has 0 saturated heterocycles. The Morgan fingerprint density at radius 1 is 0.476 bits per heavy atom. The first kappa shape index (κ1) is 40.7. The predicted molar refractivity (Wildman–Crippen MR) is 183 cm³/mol. The van der Waals surface area contributed by atoms with Crippen LogP contribution in [-0.2, 0) is 9.59 Å². The highest BCUT2D eigenvalue weighted by molar-refractivity contribution is 6.11. The van der Waals surface area contributed by atoms with Gasteiger partial charge in [-0.3, -0.25) is 9.59 Å². The molecule has 246 valence electrons. The monoisotopic (exact) mass is 590 g/mol. The zero-order valence-corrected chi connectivity index (χ0v) is 28.2. The second-order valence-corrected chi connectivity index (χ2v) is 12.6. The minimum atomic E-state index is -1.71. The average Bonchev–Trinajstić information content (AvgIpc) is 3.00. The smallest absolute Gasteiger partial charge is 0.162 e. The number of ketones is 2. The Morgan fingerprint density at radius 2 is 0.738 bits per heavy atom. The van der Waals surface area contributed by atoms with Crippen LogP contribution in [0.3, 0.4) is 0 Å². The van der Waals surface area contributed by atoms with Gasteiger partial charge in [-0.2, -0.15) is 0 Å². The molecule has 0 aliphatic rings. The molecule has 4 nitrogen and oxygen atoms in total. The van der Waals surface area contributed by atoms with E-state index in [4.69, 9.17) is 5.73 Å². The lowest BCUT2D eigenvalue weighted by atomic mass is 9.85. The summed E-state index contributed by atoms with van der Waals surface area (Å²) in [4.78, 5) is 25.4. The van der Waals surface area contributed by atoms with Gasteiger partial charge in [0.1, 0.15) is 0 Å². The van der Waals surface area contributed by atoms with Crippen molar-refractivity contribution in [3.05, 3.63) is 24.3 Å². The molecule has 0 aromatic carbocycles. The predicted octanol–water partition coefficient (Wildman–Crippen LogP) is 10.9. The molecule has 0 rings (SSSR count). The number of aliphatic hydroxyl groups is 1. The van der Waals surface area contributed by atoms with Crippen LogP contribution < -0.4 is 5.73 Å². The maximum absolute atomic E-state index is 12.7. The van der Waals surface area contributed by atoms with E-state index < -0.39 is 12.1 Å². The molecule has 0 atom stereocenters. The third-order valence-corrected chi connectivity index (χ3v) is 8.58. The van der Waals surface area contributed by atoms with Gasteiger partial charge in [-0.1, -0.05) is 141 Å². The molecule has 0 aliphatic heterocycles. The molecule has 0 radical (unpaired) electrons. The lowest BCUT2D eigenvalue weighted by molar-refractivity contribution is -0.136. The average molecular weight is 590 g/mol. The Hall–Kier alpha value is -1.26. The number of rotatable bonds is 33. The number of hydrogen-bond acceptors (Lipinski definition) is 4. The number of Topliss-reactive ketones (excluding diaryl/α,β-unsaturated/α-hetero) is 2. The molecule has 0 amide bonds. The van der Waals surface area contributed by atoms with E-state index in [9.17, 15) is 14.7 Å². The van der Waals surface area contributed by atoms with Gasteiger partial charge in [0.25, 0.3) is 0 Å². The Bertz CT molecular complexity index is 617. The number of carbonyl (C=O) groups excluding carboxylic acids is 2. The molecule has 3 N–H and O–H groups in total. The van der Waals surface area contributed by atoms with E-state index in [1.165, 1.54) is 103 Å². The Labute approximate surface area is 261 Å². The van der Waals surface area contributed by atoms with Crippen molar-refractivity contribution in [2.24, 2.45) is 5.73 Å². The normalized spacial score (nSPS) is 12.2. The van der Waals surface area contributed by atoms with E-state index in [0.717, 1.165) is 64.2 Å². The quantitative estimate of drug-likeness (QED) is 0.0453. The van der Waals surface area contributed by atoms with E-state index in [1.807, 2.05) is 0 Å². The third kappa shape index (κ3) is 24.2. The van der Waals surface area contributed by atoms with Crippen LogP contribution in [0.5, 0.6) is 0 Å². The summed E-state index contributed by atoms with van der Waals surface area (Å²) in [6.07, 6.45) is 41.1. The summed E-state index contributed by atoms with van der Waals surface area (Å²) in [5.74, 6) is -0.583. The van der Waals surface area contributed by atoms with Crippen molar-refractivity contribution in [1.82, 2.24) is 0 Å². The second kappa shape index (κ2) is 31.2. The number of aliphatic hydroxyl groups excluding tert-OH is 1. The summed E-state index contributed by atoms with van der Waals surface area (Å²) >= 11 is 0. The number of hydrogen-bond donors (Lipinski definition) is 2. The minimum absolute atomic E-state index is 0.285. The maximum atomic E-state index is 12.7. The number of nitrogens with two attached hydrogens (primary N) is 1. The van der Waals surface area contributed by atoms with Crippen molar-refractivity contribution in [3.63, 3.8) is 0 Å². The molecule has 42 heavy (non-hydrogen) atoms. The van der Waals surface area contributed by atoms with Gasteiger partial charge in [-0.25, -0.2) is 0 Å². The summed E-state index contributed by atoms with van der Waals surface area (Å²) in [6.45, 7) is 3.93. The van der Waals surface area contributed by atoms with Gasteiger partial charge < -0.3 is 10.8 Å².